The Labute approximate surface area is 194 Å². The third kappa shape index (κ3) is 4.62. The van der Waals surface area contributed by atoms with Crippen LogP contribution in [0.3, 0.4) is 0 Å². The molecule has 1 aliphatic heterocycles. The number of fused-ring (bicyclic) bond motifs is 1. The third-order valence-electron chi connectivity index (χ3n) is 6.31. The highest BCUT2D eigenvalue weighted by atomic mass is 16.5. The Kier molecular flexibility index (Phi) is 6.11. The molecule has 4 aromatic rings. The van der Waals surface area contributed by atoms with Crippen LogP contribution in [-0.2, 0) is 6.54 Å². The molecule has 8 heteroatoms. The molecular weight excluding hydrogens is 414 g/mol. The fourth-order valence-electron chi connectivity index (χ4n) is 4.50. The van der Waals surface area contributed by atoms with Crippen LogP contribution in [0.4, 0.5) is 0 Å². The summed E-state index contributed by atoms with van der Waals surface area (Å²) in [5.74, 6) is 0.858. The lowest BCUT2D eigenvalue weighted by atomic mass is 10.1. The molecule has 1 fully saturated rings. The highest BCUT2D eigenvalue weighted by molar-refractivity contribution is 5.94. The van der Waals surface area contributed by atoms with Gasteiger partial charge in [0.05, 0.1) is 35.3 Å². The average Bonchev–Trinajstić information content (AvgIpc) is 3.44. The van der Waals surface area contributed by atoms with E-state index in [9.17, 15) is 0 Å². The lowest BCUT2D eigenvalue weighted by Crippen LogP contribution is -2.45. The zero-order valence-electron chi connectivity index (χ0n) is 19.6. The third-order valence-corrected chi connectivity index (χ3v) is 6.31. The fourth-order valence-corrected chi connectivity index (χ4v) is 4.50. The number of aromatic nitrogens is 5. The molecular formula is C25H31N7O. The van der Waals surface area contributed by atoms with Gasteiger partial charge in [-0.1, -0.05) is 6.07 Å². The molecule has 5 rings (SSSR count). The van der Waals surface area contributed by atoms with E-state index < -0.39 is 0 Å². The lowest BCUT2D eigenvalue weighted by Gasteiger charge is -2.32. The van der Waals surface area contributed by atoms with Gasteiger partial charge in [0.1, 0.15) is 17.9 Å². The van der Waals surface area contributed by atoms with Crippen molar-refractivity contribution in [1.82, 2.24) is 34.1 Å². The number of piperazine rings is 1. The molecule has 33 heavy (non-hydrogen) atoms. The molecule has 0 aliphatic carbocycles. The van der Waals surface area contributed by atoms with E-state index in [2.05, 4.69) is 45.9 Å². The average molecular weight is 446 g/mol. The largest absolute Gasteiger partial charge is 0.490 e. The van der Waals surface area contributed by atoms with Gasteiger partial charge in [-0.2, -0.15) is 5.10 Å². The highest BCUT2D eigenvalue weighted by Gasteiger charge is 2.19. The van der Waals surface area contributed by atoms with Crippen LogP contribution in [0.25, 0.3) is 16.6 Å². The first-order valence-electron chi connectivity index (χ1n) is 11.5. The van der Waals surface area contributed by atoms with Gasteiger partial charge in [-0.3, -0.25) is 14.6 Å². The maximum absolute atomic E-state index is 6.38. The maximum atomic E-state index is 6.38. The van der Waals surface area contributed by atoms with Crippen molar-refractivity contribution in [3.05, 3.63) is 66.1 Å². The summed E-state index contributed by atoms with van der Waals surface area (Å²) in [5.41, 5.74) is 5.00. The molecule has 3 aromatic heterocycles. The van der Waals surface area contributed by atoms with Crippen LogP contribution < -0.4 is 4.74 Å². The first kappa shape index (κ1) is 21.6. The molecule has 8 nitrogen and oxygen atoms in total. The van der Waals surface area contributed by atoms with Crippen molar-refractivity contribution in [3.8, 4) is 11.4 Å². The van der Waals surface area contributed by atoms with Crippen molar-refractivity contribution >= 4 is 10.9 Å². The molecule has 1 aliphatic rings. The summed E-state index contributed by atoms with van der Waals surface area (Å²) < 4.78 is 10.4. The number of ether oxygens (including phenoxy) is 1. The van der Waals surface area contributed by atoms with E-state index in [1.54, 1.807) is 6.20 Å². The van der Waals surface area contributed by atoms with E-state index in [4.69, 9.17) is 9.84 Å². The standard InChI is InChI=1S/C25H31N7O/c1-19-5-4-6-21(27-19)17-32-25-23(33-16-15-30-13-11-29(3)12-14-30)8-7-22(24(25)20(2)28-32)31-10-9-26-18-31/h4-10,18H,11-17H2,1-3H3. The van der Waals surface area contributed by atoms with Gasteiger partial charge in [0.2, 0.25) is 0 Å². The molecule has 0 bridgehead atoms. The van der Waals surface area contributed by atoms with E-state index >= 15 is 0 Å². The number of likely N-dealkylation sites (N-methyl/N-ethyl adjacent to an activating group) is 1. The van der Waals surface area contributed by atoms with Crippen molar-refractivity contribution in [1.29, 1.82) is 0 Å². The Morgan fingerprint density at radius 3 is 2.64 bits per heavy atom. The molecule has 0 N–H and O–H groups in total. The van der Waals surface area contributed by atoms with Gasteiger partial charge in [-0.05, 0) is 45.2 Å². The molecule has 4 heterocycles. The number of imidazole rings is 1. The number of benzene rings is 1. The second-order valence-corrected chi connectivity index (χ2v) is 8.78. The van der Waals surface area contributed by atoms with Gasteiger partial charge in [0.15, 0.2) is 0 Å². The molecule has 0 radical (unpaired) electrons. The highest BCUT2D eigenvalue weighted by Crippen LogP contribution is 2.33. The Balaban J connectivity index is 1.47. The van der Waals surface area contributed by atoms with Crippen molar-refractivity contribution in [2.24, 2.45) is 0 Å². The molecule has 1 aromatic carbocycles. The number of nitrogens with zero attached hydrogens (tertiary/aromatic N) is 7. The molecule has 0 spiro atoms. The van der Waals surface area contributed by atoms with Gasteiger partial charge < -0.3 is 14.2 Å². The first-order valence-corrected chi connectivity index (χ1v) is 11.5. The molecule has 0 atom stereocenters. The number of hydrogen-bond donors (Lipinski definition) is 0. The minimum atomic E-state index is 0.591. The van der Waals surface area contributed by atoms with E-state index in [1.807, 2.05) is 46.9 Å². The zero-order valence-corrected chi connectivity index (χ0v) is 19.6. The van der Waals surface area contributed by atoms with Crippen molar-refractivity contribution < 1.29 is 4.74 Å². The van der Waals surface area contributed by atoms with Gasteiger partial charge in [-0.25, -0.2) is 4.98 Å². The maximum Gasteiger partial charge on any atom is 0.145 e. The second-order valence-electron chi connectivity index (χ2n) is 8.78. The fraction of sp³-hybridized carbons (Fsp3) is 0.400. The van der Waals surface area contributed by atoms with Crippen LogP contribution in [0.15, 0.2) is 49.1 Å². The van der Waals surface area contributed by atoms with E-state index in [1.165, 1.54) is 0 Å². The lowest BCUT2D eigenvalue weighted by molar-refractivity contribution is 0.134. The van der Waals surface area contributed by atoms with Crippen LogP contribution >= 0.6 is 0 Å². The molecule has 0 saturated carbocycles. The summed E-state index contributed by atoms with van der Waals surface area (Å²) in [6, 6.07) is 10.3. The van der Waals surface area contributed by atoms with E-state index in [0.29, 0.717) is 13.2 Å². The summed E-state index contributed by atoms with van der Waals surface area (Å²) in [5, 5.41) is 5.98. The van der Waals surface area contributed by atoms with Gasteiger partial charge >= 0.3 is 0 Å². The number of pyridine rings is 1. The van der Waals surface area contributed by atoms with Crippen LogP contribution in [0.1, 0.15) is 17.1 Å². The number of rotatable bonds is 7. The summed E-state index contributed by atoms with van der Waals surface area (Å²) in [6.07, 6.45) is 5.58. The minimum absolute atomic E-state index is 0.591. The van der Waals surface area contributed by atoms with Crippen LogP contribution in [-0.4, -0.2) is 80.5 Å². The predicted molar refractivity (Wildman–Crippen MR) is 129 cm³/mol. The Hall–Kier alpha value is -3.23. The first-order chi connectivity index (χ1) is 16.1. The number of hydrogen-bond acceptors (Lipinski definition) is 6. The van der Waals surface area contributed by atoms with Crippen LogP contribution in [0, 0.1) is 13.8 Å². The van der Waals surface area contributed by atoms with Crippen LogP contribution in [0.5, 0.6) is 5.75 Å². The predicted octanol–water partition coefficient (Wildman–Crippen LogP) is 2.91. The normalized spacial score (nSPS) is 15.4. The van der Waals surface area contributed by atoms with Gasteiger partial charge in [0.25, 0.3) is 0 Å². The quantitative estimate of drug-likeness (QED) is 0.436. The van der Waals surface area contributed by atoms with E-state index in [-0.39, 0.29) is 0 Å². The monoisotopic (exact) mass is 445 g/mol. The Bertz CT molecular complexity index is 1220. The van der Waals surface area contributed by atoms with Gasteiger partial charge in [-0.15, -0.1) is 0 Å². The topological polar surface area (TPSA) is 64.2 Å². The number of aryl methyl sites for hydroxylation is 2. The summed E-state index contributed by atoms with van der Waals surface area (Å²) in [4.78, 5) is 13.8. The summed E-state index contributed by atoms with van der Waals surface area (Å²) >= 11 is 0. The SMILES string of the molecule is Cc1cccc(Cn2nc(C)c3c(-n4ccnc4)ccc(OCCN4CCN(C)CC4)c32)n1. The molecule has 172 valence electrons. The molecule has 0 amide bonds. The van der Waals surface area contributed by atoms with Crippen LogP contribution in [0.2, 0.25) is 0 Å². The Morgan fingerprint density at radius 2 is 1.88 bits per heavy atom. The van der Waals surface area contributed by atoms with Gasteiger partial charge in [0, 0.05) is 50.8 Å². The molecule has 1 saturated heterocycles. The van der Waals surface area contributed by atoms with E-state index in [0.717, 1.165) is 72.1 Å². The van der Waals surface area contributed by atoms with Crippen molar-refractivity contribution in [2.75, 3.05) is 46.4 Å². The second kappa shape index (κ2) is 9.33. The zero-order chi connectivity index (χ0) is 22.8. The van der Waals surface area contributed by atoms with Crippen molar-refractivity contribution in [3.63, 3.8) is 0 Å². The Morgan fingerprint density at radius 1 is 1.03 bits per heavy atom. The minimum Gasteiger partial charge on any atom is -0.490 e. The van der Waals surface area contributed by atoms with Crippen molar-refractivity contribution in [2.45, 2.75) is 20.4 Å². The smallest absolute Gasteiger partial charge is 0.145 e. The summed E-state index contributed by atoms with van der Waals surface area (Å²) in [6.45, 7) is 10.6. The molecule has 0 unspecified atom stereocenters. The summed E-state index contributed by atoms with van der Waals surface area (Å²) in [7, 11) is 2.18.